The van der Waals surface area contributed by atoms with E-state index in [4.69, 9.17) is 11.6 Å². The summed E-state index contributed by atoms with van der Waals surface area (Å²) < 4.78 is 37.9. The Bertz CT molecular complexity index is 1030. The quantitative estimate of drug-likeness (QED) is 0.587. The Hall–Kier alpha value is -3.21. The Morgan fingerprint density at radius 3 is 2.45 bits per heavy atom. The van der Waals surface area contributed by atoms with E-state index in [2.05, 4.69) is 25.5 Å². The molecule has 0 aliphatic heterocycles. The van der Waals surface area contributed by atoms with Gasteiger partial charge in [-0.1, -0.05) is 11.6 Å². The van der Waals surface area contributed by atoms with E-state index in [1.54, 1.807) is 30.0 Å². The number of amides is 1. The molecule has 8 nitrogen and oxygen atoms in total. The first-order valence-corrected chi connectivity index (χ1v) is 9.68. The minimum Gasteiger partial charge on any atom is -0.352 e. The lowest BCUT2D eigenvalue weighted by atomic mass is 10.1. The highest BCUT2D eigenvalue weighted by Crippen LogP contribution is 2.28. The summed E-state index contributed by atoms with van der Waals surface area (Å²) in [5, 5.41) is 11.4. The van der Waals surface area contributed by atoms with Gasteiger partial charge in [0.15, 0.2) is 0 Å². The minimum absolute atomic E-state index is 0.0382. The predicted molar refractivity (Wildman–Crippen MR) is 108 cm³/mol. The molecule has 1 atom stereocenters. The van der Waals surface area contributed by atoms with Gasteiger partial charge in [-0.05, 0) is 32.0 Å². The maximum absolute atomic E-state index is 13.2. The average molecular weight is 454 g/mol. The second-order valence-corrected chi connectivity index (χ2v) is 7.03. The summed E-state index contributed by atoms with van der Waals surface area (Å²) in [6.45, 7) is 4.25. The van der Waals surface area contributed by atoms with E-state index in [0.29, 0.717) is 35.2 Å². The smallest absolute Gasteiger partial charge is 0.352 e. The summed E-state index contributed by atoms with van der Waals surface area (Å²) in [5.41, 5.74) is -0.133. The molecule has 1 N–H and O–H groups in total. The van der Waals surface area contributed by atoms with Crippen LogP contribution >= 0.6 is 11.6 Å². The van der Waals surface area contributed by atoms with Crippen LogP contribution in [0.2, 0.25) is 5.02 Å². The van der Waals surface area contributed by atoms with Gasteiger partial charge in [0.2, 0.25) is 5.95 Å². The van der Waals surface area contributed by atoms with Crippen molar-refractivity contribution in [3.05, 3.63) is 59.1 Å². The van der Waals surface area contributed by atoms with Gasteiger partial charge in [0, 0.05) is 36.5 Å². The van der Waals surface area contributed by atoms with Gasteiger partial charge in [0.25, 0.3) is 5.91 Å². The lowest BCUT2D eigenvalue weighted by Crippen LogP contribution is -2.42. The molecule has 2 heterocycles. The highest BCUT2D eigenvalue weighted by atomic mass is 35.5. The van der Waals surface area contributed by atoms with Gasteiger partial charge < -0.3 is 10.2 Å². The number of aromatic nitrogens is 5. The average Bonchev–Trinajstić information content (AvgIpc) is 3.27. The fourth-order valence-electron chi connectivity index (χ4n) is 2.92. The highest BCUT2D eigenvalue weighted by molar-refractivity contribution is 6.31. The number of anilines is 1. The SMILES string of the molecule is CCN(C(=O)c1ccc(Cl)cc1-n1nccn1)C(C)CNc1ncc(C(F)(F)F)cn1. The van der Waals surface area contributed by atoms with E-state index < -0.39 is 11.7 Å². The van der Waals surface area contributed by atoms with Crippen LogP contribution in [-0.2, 0) is 6.18 Å². The second kappa shape index (κ2) is 9.29. The molecule has 164 valence electrons. The van der Waals surface area contributed by atoms with Crippen LogP contribution < -0.4 is 5.32 Å². The Morgan fingerprint density at radius 1 is 1.23 bits per heavy atom. The number of rotatable bonds is 7. The number of nitrogens with zero attached hydrogens (tertiary/aromatic N) is 6. The van der Waals surface area contributed by atoms with Crippen molar-refractivity contribution in [3.8, 4) is 5.69 Å². The number of benzene rings is 1. The zero-order valence-corrected chi connectivity index (χ0v) is 17.4. The molecule has 12 heteroatoms. The first-order chi connectivity index (χ1) is 14.7. The molecule has 0 spiro atoms. The molecule has 0 aliphatic rings. The molecular formula is C19H19ClF3N7O. The number of carbonyl (C=O) groups excluding carboxylic acids is 1. The molecule has 0 saturated carbocycles. The van der Waals surface area contributed by atoms with E-state index >= 15 is 0 Å². The van der Waals surface area contributed by atoms with Crippen LogP contribution in [0.15, 0.2) is 43.0 Å². The second-order valence-electron chi connectivity index (χ2n) is 6.59. The maximum Gasteiger partial charge on any atom is 0.419 e. The number of alkyl halides is 3. The molecule has 0 radical (unpaired) electrons. The summed E-state index contributed by atoms with van der Waals surface area (Å²) in [6.07, 6.45) is -0.108. The Balaban J connectivity index is 1.74. The molecule has 1 aromatic carbocycles. The summed E-state index contributed by atoms with van der Waals surface area (Å²) in [6, 6.07) is 4.49. The first kappa shape index (κ1) is 22.5. The molecule has 31 heavy (non-hydrogen) atoms. The van der Waals surface area contributed by atoms with Crippen LogP contribution in [0.1, 0.15) is 29.8 Å². The van der Waals surface area contributed by atoms with Gasteiger partial charge in [-0.2, -0.15) is 28.2 Å². The standard InChI is InChI=1S/C19H19ClF3N7O/c1-3-29(12(2)9-24-18-25-10-13(11-26-18)19(21,22)23)17(31)15-5-4-14(20)8-16(15)30-27-6-7-28-30/h4-8,10-12H,3,9H2,1-2H3,(H,24,25,26). The van der Waals surface area contributed by atoms with Crippen LogP contribution in [0, 0.1) is 0 Å². The fraction of sp³-hybridized carbons (Fsp3) is 0.316. The van der Waals surface area contributed by atoms with E-state index in [1.807, 2.05) is 6.92 Å². The van der Waals surface area contributed by atoms with Crippen molar-refractivity contribution in [2.24, 2.45) is 0 Å². The summed E-state index contributed by atoms with van der Waals surface area (Å²) in [5.74, 6) is -0.231. The van der Waals surface area contributed by atoms with Crippen molar-refractivity contribution < 1.29 is 18.0 Å². The maximum atomic E-state index is 13.2. The predicted octanol–water partition coefficient (Wildman–Crippen LogP) is 3.69. The van der Waals surface area contributed by atoms with Crippen LogP contribution in [0.5, 0.6) is 0 Å². The third-order valence-electron chi connectivity index (χ3n) is 4.49. The molecule has 1 amide bonds. The summed E-state index contributed by atoms with van der Waals surface area (Å²) in [7, 11) is 0. The van der Waals surface area contributed by atoms with E-state index in [-0.39, 0.29) is 24.4 Å². The molecule has 3 rings (SSSR count). The van der Waals surface area contributed by atoms with Gasteiger partial charge in [-0.25, -0.2) is 9.97 Å². The van der Waals surface area contributed by atoms with Crippen LogP contribution in [0.25, 0.3) is 5.69 Å². The lowest BCUT2D eigenvalue weighted by molar-refractivity contribution is -0.138. The van der Waals surface area contributed by atoms with Crippen molar-refractivity contribution in [2.45, 2.75) is 26.1 Å². The monoisotopic (exact) mass is 453 g/mol. The van der Waals surface area contributed by atoms with Crippen LogP contribution in [0.3, 0.4) is 0 Å². The van der Waals surface area contributed by atoms with Gasteiger partial charge in [0.05, 0.1) is 29.2 Å². The summed E-state index contributed by atoms with van der Waals surface area (Å²) in [4.78, 5) is 23.5. The summed E-state index contributed by atoms with van der Waals surface area (Å²) >= 11 is 6.08. The normalized spacial score (nSPS) is 12.5. The van der Waals surface area contributed by atoms with Gasteiger partial charge >= 0.3 is 6.18 Å². The van der Waals surface area contributed by atoms with Crippen molar-refractivity contribution in [1.29, 1.82) is 0 Å². The Labute approximate surface area is 181 Å². The molecule has 0 fully saturated rings. The number of halogens is 4. The number of nitrogens with one attached hydrogen (secondary N) is 1. The van der Waals surface area contributed by atoms with Crippen molar-refractivity contribution in [2.75, 3.05) is 18.4 Å². The largest absolute Gasteiger partial charge is 0.419 e. The van der Waals surface area contributed by atoms with E-state index in [1.165, 1.54) is 17.2 Å². The number of hydrogen-bond acceptors (Lipinski definition) is 6. The molecule has 0 bridgehead atoms. The molecule has 3 aromatic rings. The number of likely N-dealkylation sites (N-methyl/N-ethyl adjacent to an activating group) is 1. The molecular weight excluding hydrogens is 435 g/mol. The Morgan fingerprint density at radius 2 is 1.87 bits per heavy atom. The van der Waals surface area contributed by atoms with Gasteiger partial charge in [-0.15, -0.1) is 0 Å². The lowest BCUT2D eigenvalue weighted by Gasteiger charge is -2.29. The zero-order chi connectivity index (χ0) is 22.6. The fourth-order valence-corrected chi connectivity index (χ4v) is 3.08. The highest BCUT2D eigenvalue weighted by Gasteiger charge is 2.31. The number of carbonyl (C=O) groups is 1. The Kier molecular flexibility index (Phi) is 6.74. The number of hydrogen-bond donors (Lipinski definition) is 1. The van der Waals surface area contributed by atoms with Crippen LogP contribution in [-0.4, -0.2) is 54.9 Å². The third kappa shape index (κ3) is 5.29. The van der Waals surface area contributed by atoms with Crippen LogP contribution in [0.4, 0.5) is 19.1 Å². The van der Waals surface area contributed by atoms with Crippen molar-refractivity contribution in [3.63, 3.8) is 0 Å². The molecule has 0 saturated heterocycles. The first-order valence-electron chi connectivity index (χ1n) is 9.31. The van der Waals surface area contributed by atoms with Crippen molar-refractivity contribution >= 4 is 23.5 Å². The molecule has 1 unspecified atom stereocenters. The molecule has 0 aliphatic carbocycles. The van der Waals surface area contributed by atoms with Gasteiger partial charge in [0.1, 0.15) is 0 Å². The van der Waals surface area contributed by atoms with E-state index in [0.717, 1.165) is 0 Å². The minimum atomic E-state index is -4.50. The van der Waals surface area contributed by atoms with Crippen molar-refractivity contribution in [1.82, 2.24) is 29.9 Å². The molecule has 2 aromatic heterocycles. The zero-order valence-electron chi connectivity index (χ0n) is 16.6. The van der Waals surface area contributed by atoms with Gasteiger partial charge in [-0.3, -0.25) is 4.79 Å². The third-order valence-corrected chi connectivity index (χ3v) is 4.73. The van der Waals surface area contributed by atoms with E-state index in [9.17, 15) is 18.0 Å². The topological polar surface area (TPSA) is 88.8 Å².